The van der Waals surface area contributed by atoms with E-state index in [2.05, 4.69) is 10.0 Å². The molecule has 0 saturated heterocycles. The molecule has 29 heavy (non-hydrogen) atoms. The maximum absolute atomic E-state index is 12.9. The molecule has 0 fully saturated rings. The second kappa shape index (κ2) is 8.87. The summed E-state index contributed by atoms with van der Waals surface area (Å²) in [4.78, 5) is 12.5. The van der Waals surface area contributed by atoms with E-state index in [0.717, 1.165) is 5.56 Å². The zero-order chi connectivity index (χ0) is 20.9. The first-order chi connectivity index (χ1) is 13.8. The lowest BCUT2D eigenvalue weighted by molar-refractivity contribution is 0.0954. The Morgan fingerprint density at radius 1 is 0.966 bits per heavy atom. The molecule has 0 radical (unpaired) electrons. The van der Waals surface area contributed by atoms with Gasteiger partial charge in [-0.2, -0.15) is 0 Å². The Kier molecular flexibility index (Phi) is 6.29. The van der Waals surface area contributed by atoms with Crippen LogP contribution in [0.1, 0.15) is 21.5 Å². The van der Waals surface area contributed by atoms with E-state index in [0.29, 0.717) is 24.2 Å². The lowest BCUT2D eigenvalue weighted by Gasteiger charge is -2.12. The Labute approximate surface area is 169 Å². The summed E-state index contributed by atoms with van der Waals surface area (Å²) in [5.74, 6) is -0.682. The quantitative estimate of drug-likeness (QED) is 0.618. The third-order valence-corrected chi connectivity index (χ3v) is 5.90. The van der Waals surface area contributed by atoms with Crippen molar-refractivity contribution in [2.24, 2.45) is 0 Å². The second-order valence-electron chi connectivity index (χ2n) is 6.58. The molecule has 0 saturated carbocycles. The molecule has 0 spiro atoms. The summed E-state index contributed by atoms with van der Waals surface area (Å²) in [5, 5.41) is 2.76. The Morgan fingerprint density at radius 2 is 1.66 bits per heavy atom. The van der Waals surface area contributed by atoms with E-state index < -0.39 is 10.0 Å². The number of anilines is 1. The van der Waals surface area contributed by atoms with Crippen LogP contribution in [0.5, 0.6) is 0 Å². The van der Waals surface area contributed by atoms with E-state index in [-0.39, 0.29) is 22.2 Å². The van der Waals surface area contributed by atoms with Gasteiger partial charge in [-0.25, -0.2) is 12.8 Å². The third-order valence-electron chi connectivity index (χ3n) is 4.38. The Balaban J connectivity index is 1.70. The molecule has 3 rings (SSSR count). The molecule has 150 valence electrons. The largest absolute Gasteiger partial charge is 0.352 e. The van der Waals surface area contributed by atoms with E-state index >= 15 is 0 Å². The molecule has 0 aliphatic rings. The van der Waals surface area contributed by atoms with Gasteiger partial charge in [0.25, 0.3) is 15.9 Å². The number of nitrogens with one attached hydrogen (secondary N) is 2. The van der Waals surface area contributed by atoms with Gasteiger partial charge in [0.05, 0.1) is 4.90 Å². The van der Waals surface area contributed by atoms with Gasteiger partial charge in [0.2, 0.25) is 0 Å². The number of carbonyl (C=O) groups excluding carboxylic acids is 1. The van der Waals surface area contributed by atoms with E-state index in [1.54, 1.807) is 61.5 Å². The van der Waals surface area contributed by atoms with Crippen LogP contribution >= 0.6 is 0 Å². The summed E-state index contributed by atoms with van der Waals surface area (Å²) in [6.07, 6.45) is 0.540. The number of aryl methyl sites for hydroxylation is 1. The summed E-state index contributed by atoms with van der Waals surface area (Å²) in [6.45, 7) is 2.03. The zero-order valence-corrected chi connectivity index (χ0v) is 16.7. The van der Waals surface area contributed by atoms with Gasteiger partial charge in [0.1, 0.15) is 5.82 Å². The molecule has 0 heterocycles. The molecular formula is C22H21FN2O3S. The van der Waals surface area contributed by atoms with Crippen molar-refractivity contribution in [1.29, 1.82) is 0 Å². The van der Waals surface area contributed by atoms with Crippen molar-refractivity contribution < 1.29 is 17.6 Å². The molecule has 7 heteroatoms. The van der Waals surface area contributed by atoms with Crippen molar-refractivity contribution in [3.63, 3.8) is 0 Å². The topological polar surface area (TPSA) is 75.3 Å². The van der Waals surface area contributed by atoms with Crippen molar-refractivity contribution in [2.45, 2.75) is 18.2 Å². The van der Waals surface area contributed by atoms with Gasteiger partial charge in [0.15, 0.2) is 0 Å². The Morgan fingerprint density at radius 3 is 2.34 bits per heavy atom. The van der Waals surface area contributed by atoms with E-state index in [9.17, 15) is 17.6 Å². The number of rotatable bonds is 7. The first-order valence-corrected chi connectivity index (χ1v) is 10.5. The van der Waals surface area contributed by atoms with Crippen LogP contribution in [0, 0.1) is 12.7 Å². The van der Waals surface area contributed by atoms with E-state index in [4.69, 9.17) is 0 Å². The van der Waals surface area contributed by atoms with Gasteiger partial charge in [-0.3, -0.25) is 9.52 Å². The number of para-hydroxylation sites is 1. The zero-order valence-electron chi connectivity index (χ0n) is 15.9. The maximum Gasteiger partial charge on any atom is 0.262 e. The minimum Gasteiger partial charge on any atom is -0.352 e. The third kappa shape index (κ3) is 5.42. The fourth-order valence-electron chi connectivity index (χ4n) is 2.82. The van der Waals surface area contributed by atoms with Crippen LogP contribution in [0.2, 0.25) is 0 Å². The number of sulfonamides is 1. The normalized spacial score (nSPS) is 11.1. The molecule has 0 aromatic heterocycles. The minimum absolute atomic E-state index is 0.0486. The summed E-state index contributed by atoms with van der Waals surface area (Å²) in [7, 11) is -3.83. The van der Waals surface area contributed by atoms with Crippen molar-refractivity contribution in [1.82, 2.24) is 5.32 Å². The number of hydrogen-bond acceptors (Lipinski definition) is 3. The first kappa shape index (κ1) is 20.5. The SMILES string of the molecule is Cc1ccc(C(=O)NCCc2ccc(F)cc2)cc1S(=O)(=O)Nc1ccccc1. The Bertz CT molecular complexity index is 1100. The predicted octanol–water partition coefficient (Wildman–Crippen LogP) is 3.91. The monoisotopic (exact) mass is 412 g/mol. The van der Waals surface area contributed by atoms with Gasteiger partial charge in [-0.05, 0) is 60.9 Å². The fraction of sp³-hybridized carbons (Fsp3) is 0.136. The molecule has 0 aliphatic carbocycles. The molecular weight excluding hydrogens is 391 g/mol. The molecule has 0 atom stereocenters. The van der Waals surface area contributed by atoms with Crippen LogP contribution < -0.4 is 10.0 Å². The molecule has 1 amide bonds. The Hall–Kier alpha value is -3.19. The molecule has 2 N–H and O–H groups in total. The van der Waals surface area contributed by atoms with Crippen molar-refractivity contribution in [2.75, 3.05) is 11.3 Å². The van der Waals surface area contributed by atoms with Crippen LogP contribution in [0.25, 0.3) is 0 Å². The molecule has 0 aliphatic heterocycles. The molecule has 3 aromatic rings. The number of halogens is 1. The van der Waals surface area contributed by atoms with Crippen LogP contribution in [0.3, 0.4) is 0 Å². The van der Waals surface area contributed by atoms with Crippen LogP contribution in [0.4, 0.5) is 10.1 Å². The highest BCUT2D eigenvalue weighted by Gasteiger charge is 2.19. The first-order valence-electron chi connectivity index (χ1n) is 9.06. The lowest BCUT2D eigenvalue weighted by Crippen LogP contribution is -2.26. The molecule has 5 nitrogen and oxygen atoms in total. The van der Waals surface area contributed by atoms with Gasteiger partial charge in [-0.1, -0.05) is 36.4 Å². The second-order valence-corrected chi connectivity index (χ2v) is 8.23. The number of benzene rings is 3. The predicted molar refractivity (Wildman–Crippen MR) is 111 cm³/mol. The van der Waals surface area contributed by atoms with Crippen molar-refractivity contribution in [3.8, 4) is 0 Å². The smallest absolute Gasteiger partial charge is 0.262 e. The maximum atomic E-state index is 12.9. The molecule has 0 bridgehead atoms. The van der Waals surface area contributed by atoms with Crippen LogP contribution in [-0.2, 0) is 16.4 Å². The number of carbonyl (C=O) groups is 1. The van der Waals surface area contributed by atoms with Crippen LogP contribution in [-0.4, -0.2) is 20.9 Å². The van der Waals surface area contributed by atoms with Gasteiger partial charge in [0, 0.05) is 17.8 Å². The van der Waals surface area contributed by atoms with Crippen molar-refractivity contribution in [3.05, 3.63) is 95.3 Å². The number of hydrogen-bond donors (Lipinski definition) is 2. The molecule has 0 unspecified atom stereocenters. The summed E-state index contributed by atoms with van der Waals surface area (Å²) >= 11 is 0. The summed E-state index contributed by atoms with van der Waals surface area (Å²) in [6, 6.07) is 19.2. The van der Waals surface area contributed by atoms with Crippen LogP contribution in [0.15, 0.2) is 77.7 Å². The highest BCUT2D eigenvalue weighted by molar-refractivity contribution is 7.92. The highest BCUT2D eigenvalue weighted by atomic mass is 32.2. The molecule has 3 aromatic carbocycles. The average Bonchev–Trinajstić information content (AvgIpc) is 2.70. The van der Waals surface area contributed by atoms with E-state index in [1.807, 2.05) is 0 Å². The standard InChI is InChI=1S/C22H21FN2O3S/c1-16-7-10-18(22(26)24-14-13-17-8-11-19(23)12-9-17)15-21(16)29(27,28)25-20-5-3-2-4-6-20/h2-12,15,25H,13-14H2,1H3,(H,24,26). The summed E-state index contributed by atoms with van der Waals surface area (Å²) < 4.78 is 41.0. The van der Waals surface area contributed by atoms with Gasteiger partial charge >= 0.3 is 0 Å². The average molecular weight is 412 g/mol. The fourth-order valence-corrected chi connectivity index (χ4v) is 4.15. The van der Waals surface area contributed by atoms with Gasteiger partial charge < -0.3 is 5.32 Å². The summed E-state index contributed by atoms with van der Waals surface area (Å²) in [5.41, 5.74) is 2.13. The minimum atomic E-state index is -3.83. The van der Waals surface area contributed by atoms with Crippen molar-refractivity contribution >= 4 is 21.6 Å². The highest BCUT2D eigenvalue weighted by Crippen LogP contribution is 2.21. The number of amides is 1. The lowest BCUT2D eigenvalue weighted by atomic mass is 10.1. The van der Waals surface area contributed by atoms with E-state index in [1.165, 1.54) is 18.2 Å². The van der Waals surface area contributed by atoms with Gasteiger partial charge in [-0.15, -0.1) is 0 Å².